The van der Waals surface area contributed by atoms with Crippen LogP contribution in [0.1, 0.15) is 30.9 Å². The first-order valence-corrected chi connectivity index (χ1v) is 15.3. The Morgan fingerprint density at radius 2 is 1.54 bits per heavy atom. The van der Waals surface area contributed by atoms with Gasteiger partial charge in [0.1, 0.15) is 12.6 Å². The highest BCUT2D eigenvalue weighted by atomic mass is 35.5. The van der Waals surface area contributed by atoms with Crippen LogP contribution in [-0.2, 0) is 32.6 Å². The molecular formula is C29H33Cl2N3O4S. The molecule has 0 radical (unpaired) electrons. The van der Waals surface area contributed by atoms with Gasteiger partial charge in [-0.05, 0) is 41.8 Å². The maximum Gasteiger partial charge on any atom is 0.244 e. The number of rotatable bonds is 13. The Bertz CT molecular complexity index is 1350. The van der Waals surface area contributed by atoms with E-state index in [1.165, 1.54) is 4.90 Å². The minimum Gasteiger partial charge on any atom is -0.354 e. The van der Waals surface area contributed by atoms with Gasteiger partial charge in [-0.3, -0.25) is 13.9 Å². The van der Waals surface area contributed by atoms with Gasteiger partial charge in [0, 0.05) is 24.5 Å². The lowest BCUT2D eigenvalue weighted by Crippen LogP contribution is -2.53. The molecule has 0 aliphatic rings. The van der Waals surface area contributed by atoms with Crippen molar-refractivity contribution in [1.29, 1.82) is 0 Å². The average molecular weight is 591 g/mol. The molecule has 0 bridgehead atoms. The molecule has 208 valence electrons. The number of carbonyl (C=O) groups excluding carboxylic acids is 2. The van der Waals surface area contributed by atoms with Crippen LogP contribution in [0.5, 0.6) is 0 Å². The van der Waals surface area contributed by atoms with Gasteiger partial charge in [0.05, 0.1) is 17.0 Å². The second-order valence-electron chi connectivity index (χ2n) is 9.22. The number of amides is 2. The number of nitrogens with zero attached hydrogens (tertiary/aromatic N) is 2. The third kappa shape index (κ3) is 8.98. The Morgan fingerprint density at radius 1 is 0.897 bits per heavy atom. The third-order valence-electron chi connectivity index (χ3n) is 6.17. The second-order valence-corrected chi connectivity index (χ2v) is 12.0. The Morgan fingerprint density at radius 3 is 2.15 bits per heavy atom. The molecule has 1 N–H and O–H groups in total. The summed E-state index contributed by atoms with van der Waals surface area (Å²) < 4.78 is 26.6. The normalized spacial score (nSPS) is 12.0. The van der Waals surface area contributed by atoms with E-state index in [0.717, 1.165) is 34.5 Å². The molecule has 0 saturated heterocycles. The van der Waals surface area contributed by atoms with Crippen molar-refractivity contribution in [3.05, 3.63) is 100 Å². The SMILES string of the molecule is CCCCNC(=O)[C@@H](Cc1ccccc1)N(Cc1ccc(Cl)cc1)C(=O)CN(c1ccccc1Cl)S(C)(=O)=O. The molecule has 0 spiro atoms. The van der Waals surface area contributed by atoms with E-state index in [1.807, 2.05) is 37.3 Å². The number of benzene rings is 3. The lowest BCUT2D eigenvalue weighted by atomic mass is 10.0. The average Bonchev–Trinajstić information content (AvgIpc) is 2.91. The molecule has 0 unspecified atom stereocenters. The van der Waals surface area contributed by atoms with Gasteiger partial charge in [-0.1, -0.05) is 91.1 Å². The highest BCUT2D eigenvalue weighted by molar-refractivity contribution is 7.92. The van der Waals surface area contributed by atoms with Crippen LogP contribution in [0.4, 0.5) is 5.69 Å². The molecule has 10 heteroatoms. The fraction of sp³-hybridized carbons (Fsp3) is 0.310. The number of halogens is 2. The Labute approximate surface area is 240 Å². The van der Waals surface area contributed by atoms with Gasteiger partial charge in [-0.25, -0.2) is 8.42 Å². The van der Waals surface area contributed by atoms with Gasteiger partial charge in [0.2, 0.25) is 21.8 Å². The zero-order valence-electron chi connectivity index (χ0n) is 22.0. The van der Waals surface area contributed by atoms with Gasteiger partial charge in [-0.15, -0.1) is 0 Å². The Hall–Kier alpha value is -3.07. The maximum atomic E-state index is 14.0. The molecule has 0 fully saturated rings. The largest absolute Gasteiger partial charge is 0.354 e. The van der Waals surface area contributed by atoms with E-state index in [4.69, 9.17) is 23.2 Å². The molecular weight excluding hydrogens is 557 g/mol. The Balaban J connectivity index is 2.03. The molecule has 0 aliphatic heterocycles. The number of unbranched alkanes of at least 4 members (excludes halogenated alkanes) is 1. The number of carbonyl (C=O) groups is 2. The van der Waals surface area contributed by atoms with Crippen LogP contribution in [0, 0.1) is 0 Å². The van der Waals surface area contributed by atoms with Gasteiger partial charge >= 0.3 is 0 Å². The van der Waals surface area contributed by atoms with E-state index in [9.17, 15) is 18.0 Å². The standard InChI is InChI=1S/C29H33Cl2N3O4S/c1-3-4-18-32-29(36)27(19-22-10-6-5-7-11-22)33(20-23-14-16-24(30)17-15-23)28(35)21-34(39(2,37)38)26-13-9-8-12-25(26)31/h5-17,27H,3-4,18-21H2,1-2H3,(H,32,36)/t27-/m1/s1. The highest BCUT2D eigenvalue weighted by Gasteiger charge is 2.33. The van der Waals surface area contributed by atoms with Crippen molar-refractivity contribution in [1.82, 2.24) is 10.2 Å². The van der Waals surface area contributed by atoms with Crippen LogP contribution in [0.25, 0.3) is 0 Å². The first kappa shape index (κ1) is 30.5. The van der Waals surface area contributed by atoms with Crippen LogP contribution in [0.2, 0.25) is 10.0 Å². The molecule has 0 aliphatic carbocycles. The van der Waals surface area contributed by atoms with Crippen molar-refractivity contribution in [3.63, 3.8) is 0 Å². The molecule has 2 amide bonds. The van der Waals surface area contributed by atoms with Crippen molar-refractivity contribution < 1.29 is 18.0 Å². The fourth-order valence-electron chi connectivity index (χ4n) is 4.10. The third-order valence-corrected chi connectivity index (χ3v) is 7.87. The molecule has 0 saturated carbocycles. The summed E-state index contributed by atoms with van der Waals surface area (Å²) in [5.74, 6) is -0.847. The minimum absolute atomic E-state index is 0.0782. The smallest absolute Gasteiger partial charge is 0.244 e. The van der Waals surface area contributed by atoms with Crippen molar-refractivity contribution in [3.8, 4) is 0 Å². The Kier molecular flexibility index (Phi) is 11.2. The van der Waals surface area contributed by atoms with Crippen LogP contribution in [0.15, 0.2) is 78.9 Å². The number of sulfonamides is 1. The van der Waals surface area contributed by atoms with E-state index in [0.29, 0.717) is 11.6 Å². The molecule has 1 atom stereocenters. The number of anilines is 1. The van der Waals surface area contributed by atoms with E-state index >= 15 is 0 Å². The molecule has 0 heterocycles. The van der Waals surface area contributed by atoms with Crippen LogP contribution < -0.4 is 9.62 Å². The topological polar surface area (TPSA) is 86.8 Å². The van der Waals surface area contributed by atoms with Gasteiger partial charge in [-0.2, -0.15) is 0 Å². The number of nitrogens with one attached hydrogen (secondary N) is 1. The lowest BCUT2D eigenvalue weighted by Gasteiger charge is -2.33. The highest BCUT2D eigenvalue weighted by Crippen LogP contribution is 2.28. The number of para-hydroxylation sites is 1. The van der Waals surface area contributed by atoms with Gasteiger partial charge in [0.15, 0.2) is 0 Å². The van der Waals surface area contributed by atoms with E-state index in [2.05, 4.69) is 5.32 Å². The predicted molar refractivity (Wildman–Crippen MR) is 157 cm³/mol. The molecule has 0 aromatic heterocycles. The molecule has 39 heavy (non-hydrogen) atoms. The van der Waals surface area contributed by atoms with E-state index < -0.39 is 28.5 Å². The summed E-state index contributed by atoms with van der Waals surface area (Å²) in [5, 5.41) is 3.68. The minimum atomic E-state index is -3.89. The van der Waals surface area contributed by atoms with Gasteiger partial charge in [0.25, 0.3) is 0 Å². The zero-order valence-corrected chi connectivity index (χ0v) is 24.3. The summed E-state index contributed by atoms with van der Waals surface area (Å²) >= 11 is 12.4. The first-order chi connectivity index (χ1) is 18.6. The predicted octanol–water partition coefficient (Wildman–Crippen LogP) is 5.32. The summed E-state index contributed by atoms with van der Waals surface area (Å²) in [7, 11) is -3.89. The van der Waals surface area contributed by atoms with Crippen molar-refractivity contribution in [2.24, 2.45) is 0 Å². The van der Waals surface area contributed by atoms with Crippen molar-refractivity contribution >= 4 is 50.7 Å². The summed E-state index contributed by atoms with van der Waals surface area (Å²) in [4.78, 5) is 29.0. The molecule has 3 aromatic carbocycles. The monoisotopic (exact) mass is 589 g/mol. The van der Waals surface area contributed by atoms with Crippen LogP contribution >= 0.6 is 23.2 Å². The zero-order chi connectivity index (χ0) is 28.4. The maximum absolute atomic E-state index is 14.0. The number of hydrogen-bond donors (Lipinski definition) is 1. The van der Waals surface area contributed by atoms with Gasteiger partial charge < -0.3 is 10.2 Å². The molecule has 7 nitrogen and oxygen atoms in total. The fourth-order valence-corrected chi connectivity index (χ4v) is 5.37. The summed E-state index contributed by atoms with van der Waals surface area (Å²) in [6.45, 7) is 2.05. The quantitative estimate of drug-likeness (QED) is 0.273. The molecule has 3 rings (SSSR count). The summed E-state index contributed by atoms with van der Waals surface area (Å²) in [5.41, 5.74) is 1.80. The first-order valence-electron chi connectivity index (χ1n) is 12.7. The van der Waals surface area contributed by atoms with Crippen molar-refractivity contribution in [2.75, 3.05) is 23.7 Å². The lowest BCUT2D eigenvalue weighted by molar-refractivity contribution is -0.140. The van der Waals surface area contributed by atoms with Crippen LogP contribution in [0.3, 0.4) is 0 Å². The van der Waals surface area contributed by atoms with E-state index in [-0.39, 0.29) is 29.6 Å². The summed E-state index contributed by atoms with van der Waals surface area (Å²) in [6, 6.07) is 21.9. The van der Waals surface area contributed by atoms with E-state index in [1.54, 1.807) is 48.5 Å². The summed E-state index contributed by atoms with van der Waals surface area (Å²) in [6.07, 6.45) is 2.97. The molecule has 3 aromatic rings. The number of hydrogen-bond acceptors (Lipinski definition) is 4. The van der Waals surface area contributed by atoms with Crippen LogP contribution in [-0.4, -0.2) is 50.5 Å². The van der Waals surface area contributed by atoms with Crippen molar-refractivity contribution in [2.45, 2.75) is 38.8 Å². The second kappa shape index (κ2) is 14.4.